The van der Waals surface area contributed by atoms with Gasteiger partial charge in [-0.25, -0.2) is 4.79 Å². The van der Waals surface area contributed by atoms with Crippen LogP contribution in [0.5, 0.6) is 23.0 Å². The Morgan fingerprint density at radius 3 is 2.12 bits per heavy atom. The highest BCUT2D eigenvalue weighted by molar-refractivity contribution is 5.94. The summed E-state index contributed by atoms with van der Waals surface area (Å²) in [5, 5.41) is 0.293. The first kappa shape index (κ1) is 22.0. The molecule has 2 heterocycles. The van der Waals surface area contributed by atoms with Gasteiger partial charge in [0.05, 0.1) is 38.5 Å². The molecule has 0 spiro atoms. The van der Waals surface area contributed by atoms with Crippen LogP contribution in [0.25, 0.3) is 22.5 Å². The van der Waals surface area contributed by atoms with E-state index in [4.69, 9.17) is 27.8 Å². The molecule has 0 radical (unpaired) electrons. The molecule has 2 aromatic heterocycles. The summed E-state index contributed by atoms with van der Waals surface area (Å²) in [4.78, 5) is 26.5. The quantitative estimate of drug-likeness (QED) is 0.382. The lowest BCUT2D eigenvalue weighted by Gasteiger charge is -2.14. The number of methoxy groups -OCH3 is 3. The Morgan fingerprint density at radius 1 is 0.879 bits per heavy atom. The zero-order chi connectivity index (χ0) is 23.7. The van der Waals surface area contributed by atoms with Crippen molar-refractivity contribution < 1.29 is 32.6 Å². The Bertz CT molecular complexity index is 1370. The van der Waals surface area contributed by atoms with Crippen LogP contribution < -0.4 is 24.4 Å². The van der Waals surface area contributed by atoms with Gasteiger partial charge in [-0.05, 0) is 61.4 Å². The van der Waals surface area contributed by atoms with Crippen molar-refractivity contribution in [3.63, 3.8) is 0 Å². The van der Waals surface area contributed by atoms with Crippen LogP contribution >= 0.6 is 0 Å². The maximum atomic E-state index is 13.4. The summed E-state index contributed by atoms with van der Waals surface area (Å²) < 4.78 is 32.9. The third kappa shape index (κ3) is 3.91. The molecule has 0 atom stereocenters. The van der Waals surface area contributed by atoms with E-state index in [2.05, 4.69) is 0 Å². The van der Waals surface area contributed by atoms with Gasteiger partial charge in [-0.1, -0.05) is 0 Å². The lowest BCUT2D eigenvalue weighted by Crippen LogP contribution is -2.17. The van der Waals surface area contributed by atoms with Crippen molar-refractivity contribution in [2.75, 3.05) is 21.3 Å². The van der Waals surface area contributed by atoms with Gasteiger partial charge in [0.25, 0.3) is 0 Å². The van der Waals surface area contributed by atoms with Crippen LogP contribution in [0.4, 0.5) is 0 Å². The van der Waals surface area contributed by atoms with Gasteiger partial charge in [0.2, 0.25) is 22.7 Å². The van der Waals surface area contributed by atoms with Crippen molar-refractivity contribution in [1.82, 2.24) is 0 Å². The number of aryl methyl sites for hydroxylation is 2. The number of ether oxygens (including phenoxy) is 4. The van der Waals surface area contributed by atoms with Crippen molar-refractivity contribution in [2.45, 2.75) is 13.8 Å². The zero-order valence-corrected chi connectivity index (χ0v) is 18.8. The molecule has 170 valence electrons. The molecule has 2 aromatic carbocycles. The number of hydrogen-bond acceptors (Lipinski definition) is 8. The third-order valence-electron chi connectivity index (χ3n) is 5.31. The number of esters is 1. The minimum absolute atomic E-state index is 0.0153. The SMILES string of the molecule is COc1cc(C(=O)Oc2c(-c3ccco3)oc3cc(C)c(C)cc3c2=O)cc(OC)c1OC. The summed E-state index contributed by atoms with van der Waals surface area (Å²) in [5.74, 6) is 0.0424. The molecule has 8 nitrogen and oxygen atoms in total. The van der Waals surface area contributed by atoms with E-state index in [1.807, 2.05) is 13.8 Å². The van der Waals surface area contributed by atoms with E-state index in [0.29, 0.717) is 16.7 Å². The van der Waals surface area contributed by atoms with Gasteiger partial charge in [-0.15, -0.1) is 0 Å². The first-order chi connectivity index (χ1) is 15.9. The zero-order valence-electron chi connectivity index (χ0n) is 18.8. The van der Waals surface area contributed by atoms with Gasteiger partial charge in [0, 0.05) is 0 Å². The second-order valence-electron chi connectivity index (χ2n) is 7.30. The maximum Gasteiger partial charge on any atom is 0.344 e. The van der Waals surface area contributed by atoms with Crippen molar-refractivity contribution in [2.24, 2.45) is 0 Å². The summed E-state index contributed by atoms with van der Waals surface area (Å²) >= 11 is 0. The summed E-state index contributed by atoms with van der Waals surface area (Å²) in [6, 6.07) is 9.61. The number of benzene rings is 2. The molecule has 0 aliphatic heterocycles. The van der Waals surface area contributed by atoms with Crippen molar-refractivity contribution in [1.29, 1.82) is 0 Å². The number of furan rings is 1. The fraction of sp³-hybridized carbons (Fsp3) is 0.200. The highest BCUT2D eigenvalue weighted by atomic mass is 16.5. The average Bonchev–Trinajstić information content (AvgIpc) is 3.35. The summed E-state index contributed by atoms with van der Waals surface area (Å²) in [6.07, 6.45) is 1.44. The molecule has 0 saturated carbocycles. The first-order valence-corrected chi connectivity index (χ1v) is 10.0. The summed E-state index contributed by atoms with van der Waals surface area (Å²) in [5.41, 5.74) is 1.82. The minimum Gasteiger partial charge on any atom is -0.493 e. The Morgan fingerprint density at radius 2 is 1.55 bits per heavy atom. The number of hydrogen-bond donors (Lipinski definition) is 0. The number of fused-ring (bicyclic) bond motifs is 1. The molecule has 0 bridgehead atoms. The predicted molar refractivity (Wildman–Crippen MR) is 121 cm³/mol. The Labute approximate surface area is 189 Å². The van der Waals surface area contributed by atoms with E-state index in [0.717, 1.165) is 11.1 Å². The normalized spacial score (nSPS) is 10.8. The van der Waals surface area contributed by atoms with Crippen LogP contribution in [-0.4, -0.2) is 27.3 Å². The van der Waals surface area contributed by atoms with Gasteiger partial charge >= 0.3 is 5.97 Å². The van der Waals surface area contributed by atoms with Gasteiger partial charge in [0.1, 0.15) is 5.58 Å². The number of rotatable bonds is 6. The van der Waals surface area contributed by atoms with Crippen LogP contribution in [0.2, 0.25) is 0 Å². The fourth-order valence-corrected chi connectivity index (χ4v) is 3.45. The molecule has 0 saturated heterocycles. The van der Waals surface area contributed by atoms with Gasteiger partial charge in [-0.2, -0.15) is 0 Å². The largest absolute Gasteiger partial charge is 0.493 e. The Hall–Kier alpha value is -4.20. The van der Waals surface area contributed by atoms with Crippen molar-refractivity contribution in [3.05, 3.63) is 69.6 Å². The summed E-state index contributed by atoms with van der Waals surface area (Å²) in [7, 11) is 4.32. The predicted octanol–water partition coefficient (Wildman–Crippen LogP) is 4.91. The van der Waals surface area contributed by atoms with Gasteiger partial charge < -0.3 is 27.8 Å². The van der Waals surface area contributed by atoms with Gasteiger partial charge in [0.15, 0.2) is 17.3 Å². The molecule has 0 aliphatic rings. The first-order valence-electron chi connectivity index (χ1n) is 10.0. The number of carbonyl (C=O) groups excluding carboxylic acids is 1. The van der Waals surface area contributed by atoms with E-state index in [-0.39, 0.29) is 34.3 Å². The standard InChI is InChI=1S/C25H22O8/c1-13-9-16-18(10-14(13)2)32-23(17-7-6-8-31-17)24(21(16)26)33-25(27)15-11-19(28-3)22(30-5)20(12-15)29-4/h6-12H,1-5H3. The van der Waals surface area contributed by atoms with Gasteiger partial charge in [-0.3, -0.25) is 4.79 Å². The molecule has 0 fully saturated rings. The van der Waals surface area contributed by atoms with E-state index in [9.17, 15) is 9.59 Å². The smallest absolute Gasteiger partial charge is 0.344 e. The van der Waals surface area contributed by atoms with E-state index in [1.54, 1.807) is 24.3 Å². The molecular weight excluding hydrogens is 428 g/mol. The Kier molecular flexibility index (Phi) is 5.83. The highest BCUT2D eigenvalue weighted by Crippen LogP contribution is 2.39. The molecule has 0 amide bonds. The topological polar surface area (TPSA) is 97.3 Å². The van der Waals surface area contributed by atoms with Crippen LogP contribution in [0.15, 0.2) is 56.3 Å². The molecule has 8 heteroatoms. The average molecular weight is 450 g/mol. The van der Waals surface area contributed by atoms with E-state index in [1.165, 1.54) is 39.7 Å². The second-order valence-corrected chi connectivity index (χ2v) is 7.30. The molecule has 0 N–H and O–H groups in total. The maximum absolute atomic E-state index is 13.4. The molecule has 4 aromatic rings. The van der Waals surface area contributed by atoms with Crippen molar-refractivity contribution in [3.8, 4) is 34.5 Å². The molecule has 0 aliphatic carbocycles. The van der Waals surface area contributed by atoms with Crippen LogP contribution in [0.1, 0.15) is 21.5 Å². The molecule has 0 unspecified atom stereocenters. The van der Waals surface area contributed by atoms with E-state index >= 15 is 0 Å². The van der Waals surface area contributed by atoms with Crippen LogP contribution in [-0.2, 0) is 0 Å². The Balaban J connectivity index is 1.87. The van der Waals surface area contributed by atoms with Crippen LogP contribution in [0, 0.1) is 13.8 Å². The summed E-state index contributed by atoms with van der Waals surface area (Å²) in [6.45, 7) is 3.80. The second kappa shape index (κ2) is 8.74. The lowest BCUT2D eigenvalue weighted by atomic mass is 10.1. The number of carbonyl (C=O) groups is 1. The van der Waals surface area contributed by atoms with E-state index < -0.39 is 11.4 Å². The van der Waals surface area contributed by atoms with Crippen LogP contribution in [0.3, 0.4) is 0 Å². The minimum atomic E-state index is -0.808. The molecule has 4 rings (SSSR count). The highest BCUT2D eigenvalue weighted by Gasteiger charge is 2.25. The fourth-order valence-electron chi connectivity index (χ4n) is 3.45. The van der Waals surface area contributed by atoms with Crippen molar-refractivity contribution >= 4 is 16.9 Å². The monoisotopic (exact) mass is 450 g/mol. The lowest BCUT2D eigenvalue weighted by molar-refractivity contribution is 0.0730. The molecular formula is C25H22O8. The third-order valence-corrected chi connectivity index (χ3v) is 5.31. The molecule has 33 heavy (non-hydrogen) atoms.